The number of nitrogens with zero attached hydrogens (tertiary/aromatic N) is 4. The van der Waals surface area contributed by atoms with Gasteiger partial charge in [0.15, 0.2) is 12.1 Å². The lowest BCUT2D eigenvalue weighted by Gasteiger charge is -2.13. The zero-order chi connectivity index (χ0) is 38.1. The van der Waals surface area contributed by atoms with Crippen LogP contribution in [0.25, 0.3) is 44.3 Å². The normalized spacial score (nSPS) is 11.8. The molecule has 0 aliphatic carbocycles. The number of rotatable bonds is 15. The Morgan fingerprint density at radius 3 is 1.75 bits per heavy atom. The molecule has 0 spiro atoms. The van der Waals surface area contributed by atoms with Gasteiger partial charge < -0.3 is 24.3 Å². The van der Waals surface area contributed by atoms with E-state index in [9.17, 15) is 18.4 Å². The Morgan fingerprint density at radius 2 is 1.28 bits per heavy atom. The SMILES string of the molecule is CCOCCn1c(C=O)nc2cc(Cl)c(-c3ccc(F)cc3)cc21.CCOCCn1c(CN[C@@H](C)C(N)=O)nc2cc(Cl)c(-c3ccc(F)cc3)cc21. The van der Waals surface area contributed by atoms with Crippen LogP contribution in [-0.4, -0.2) is 63.8 Å². The number of fused-ring (bicyclic) bond motifs is 2. The first kappa shape index (κ1) is 39.5. The smallest absolute Gasteiger partial charge is 0.234 e. The fourth-order valence-electron chi connectivity index (χ4n) is 5.72. The zero-order valence-electron chi connectivity index (χ0n) is 29.5. The maximum atomic E-state index is 13.3. The number of carbonyl (C=O) groups excluding carboxylic acids is 2. The molecular formula is C39H40Cl2F2N6O4. The van der Waals surface area contributed by atoms with Crippen molar-refractivity contribution in [2.24, 2.45) is 5.73 Å². The molecule has 2 aromatic heterocycles. The van der Waals surface area contributed by atoms with Gasteiger partial charge in [0.05, 0.1) is 57.9 Å². The molecule has 6 rings (SSSR count). The summed E-state index contributed by atoms with van der Waals surface area (Å²) in [5, 5.41) is 4.12. The molecule has 1 atom stereocenters. The number of halogens is 4. The second-order valence-corrected chi connectivity index (χ2v) is 12.8. The van der Waals surface area contributed by atoms with E-state index in [-0.39, 0.29) is 11.6 Å². The molecular weight excluding hydrogens is 725 g/mol. The van der Waals surface area contributed by atoms with E-state index in [1.54, 1.807) is 47.9 Å². The number of ether oxygens (including phenoxy) is 2. The van der Waals surface area contributed by atoms with E-state index in [0.717, 1.165) is 50.9 Å². The molecule has 6 aromatic rings. The Labute approximate surface area is 315 Å². The molecule has 0 saturated heterocycles. The Kier molecular flexibility index (Phi) is 13.7. The summed E-state index contributed by atoms with van der Waals surface area (Å²) in [6, 6.07) is 19.2. The molecule has 3 N–H and O–H groups in total. The van der Waals surface area contributed by atoms with E-state index in [1.165, 1.54) is 24.3 Å². The van der Waals surface area contributed by atoms with Crippen LogP contribution in [0.5, 0.6) is 0 Å². The summed E-state index contributed by atoms with van der Waals surface area (Å²) in [6.45, 7) is 9.27. The second-order valence-electron chi connectivity index (χ2n) is 12.0. The predicted octanol–water partition coefficient (Wildman–Crippen LogP) is 7.84. The van der Waals surface area contributed by atoms with E-state index in [1.807, 2.05) is 30.5 Å². The number of imidazole rings is 2. The molecule has 14 heteroatoms. The first-order chi connectivity index (χ1) is 25.5. The van der Waals surface area contributed by atoms with E-state index in [0.29, 0.717) is 67.4 Å². The van der Waals surface area contributed by atoms with Crippen LogP contribution in [0, 0.1) is 11.6 Å². The van der Waals surface area contributed by atoms with Gasteiger partial charge >= 0.3 is 0 Å². The highest BCUT2D eigenvalue weighted by Gasteiger charge is 2.17. The number of hydrogen-bond acceptors (Lipinski definition) is 7. The van der Waals surface area contributed by atoms with Crippen molar-refractivity contribution in [2.75, 3.05) is 26.4 Å². The van der Waals surface area contributed by atoms with Crippen LogP contribution in [0.3, 0.4) is 0 Å². The van der Waals surface area contributed by atoms with Gasteiger partial charge in [-0.2, -0.15) is 0 Å². The van der Waals surface area contributed by atoms with Gasteiger partial charge in [0.2, 0.25) is 5.91 Å². The Bertz CT molecular complexity index is 2190. The van der Waals surface area contributed by atoms with Crippen LogP contribution in [0.1, 0.15) is 37.2 Å². The number of hydrogen-bond donors (Lipinski definition) is 2. The van der Waals surface area contributed by atoms with E-state index in [4.69, 9.17) is 38.4 Å². The maximum absolute atomic E-state index is 13.3. The third-order valence-electron chi connectivity index (χ3n) is 8.52. The highest BCUT2D eigenvalue weighted by atomic mass is 35.5. The molecule has 10 nitrogen and oxygen atoms in total. The van der Waals surface area contributed by atoms with Crippen molar-refractivity contribution < 1.29 is 27.8 Å². The molecule has 0 fully saturated rings. The number of carbonyl (C=O) groups is 2. The minimum Gasteiger partial charge on any atom is -0.380 e. The molecule has 53 heavy (non-hydrogen) atoms. The van der Waals surface area contributed by atoms with Gasteiger partial charge in [-0.3, -0.25) is 14.9 Å². The lowest BCUT2D eigenvalue weighted by atomic mass is 10.0. The Morgan fingerprint density at radius 1 is 0.811 bits per heavy atom. The van der Waals surface area contributed by atoms with Gasteiger partial charge in [0, 0.05) is 37.4 Å². The first-order valence-corrected chi connectivity index (χ1v) is 17.8. The summed E-state index contributed by atoms with van der Waals surface area (Å²) in [5.41, 5.74) is 11.6. The number of nitrogens with two attached hydrogens (primary N) is 1. The average Bonchev–Trinajstić information content (AvgIpc) is 3.66. The van der Waals surface area contributed by atoms with Crippen molar-refractivity contribution in [1.29, 1.82) is 0 Å². The fraction of sp³-hybridized carbons (Fsp3) is 0.282. The highest BCUT2D eigenvalue weighted by molar-refractivity contribution is 6.34. The quantitative estimate of drug-likeness (QED) is 0.0806. The average molecular weight is 766 g/mol. The monoisotopic (exact) mass is 764 g/mol. The van der Waals surface area contributed by atoms with E-state index >= 15 is 0 Å². The van der Waals surface area contributed by atoms with Crippen LogP contribution < -0.4 is 11.1 Å². The van der Waals surface area contributed by atoms with Gasteiger partial charge in [-0.05, 0) is 80.4 Å². The van der Waals surface area contributed by atoms with Crippen LogP contribution >= 0.6 is 23.2 Å². The van der Waals surface area contributed by atoms with Crippen LogP contribution in [0.15, 0.2) is 72.8 Å². The Hall–Kier alpha value is -4.72. The molecule has 2 heterocycles. The van der Waals surface area contributed by atoms with Crippen molar-refractivity contribution in [3.8, 4) is 22.3 Å². The van der Waals surface area contributed by atoms with Crippen molar-refractivity contribution >= 4 is 57.5 Å². The van der Waals surface area contributed by atoms with Crippen molar-refractivity contribution in [1.82, 2.24) is 24.4 Å². The molecule has 0 saturated carbocycles. The molecule has 0 aliphatic heterocycles. The summed E-state index contributed by atoms with van der Waals surface area (Å²) in [7, 11) is 0. The summed E-state index contributed by atoms with van der Waals surface area (Å²) < 4.78 is 41.2. The lowest BCUT2D eigenvalue weighted by Crippen LogP contribution is -2.38. The summed E-state index contributed by atoms with van der Waals surface area (Å²) in [6.07, 6.45) is 0.720. The molecule has 0 bridgehead atoms. The molecule has 0 radical (unpaired) electrons. The third-order valence-corrected chi connectivity index (χ3v) is 9.14. The van der Waals surface area contributed by atoms with Gasteiger partial charge in [-0.15, -0.1) is 0 Å². The maximum Gasteiger partial charge on any atom is 0.234 e. The van der Waals surface area contributed by atoms with Crippen LogP contribution in [-0.2, 0) is 33.9 Å². The predicted molar refractivity (Wildman–Crippen MR) is 204 cm³/mol. The summed E-state index contributed by atoms with van der Waals surface area (Å²) in [5.74, 6) is 0.0476. The molecule has 0 unspecified atom stereocenters. The van der Waals surface area contributed by atoms with Crippen molar-refractivity contribution in [2.45, 2.75) is 46.4 Å². The number of benzene rings is 4. The van der Waals surface area contributed by atoms with E-state index < -0.39 is 11.9 Å². The number of primary amides is 1. The third kappa shape index (κ3) is 9.64. The summed E-state index contributed by atoms with van der Waals surface area (Å²) in [4.78, 5) is 31.6. The molecule has 1 amide bonds. The molecule has 0 aliphatic rings. The largest absolute Gasteiger partial charge is 0.380 e. The second kappa shape index (κ2) is 18.4. The number of aromatic nitrogens is 4. The molecule has 4 aromatic carbocycles. The van der Waals surface area contributed by atoms with Gasteiger partial charge in [0.1, 0.15) is 17.5 Å². The van der Waals surface area contributed by atoms with Gasteiger partial charge in [-0.25, -0.2) is 18.7 Å². The number of aldehydes is 1. The minimum absolute atomic E-state index is 0.301. The molecule has 278 valence electrons. The van der Waals surface area contributed by atoms with Gasteiger partial charge in [0.25, 0.3) is 0 Å². The minimum atomic E-state index is -0.478. The van der Waals surface area contributed by atoms with Crippen molar-refractivity contribution in [3.05, 3.63) is 106 Å². The van der Waals surface area contributed by atoms with Crippen LogP contribution in [0.2, 0.25) is 10.0 Å². The standard InChI is InChI=1S/C21H24ClFN4O2.C18H16ClFN2O2/c1-3-29-9-8-27-19-10-16(14-4-6-15(23)7-5-14)17(22)11-18(19)26-20(27)12-25-13(2)21(24)28;1-2-24-8-7-22-17-9-14(12-3-5-13(20)6-4-12)15(19)10-16(17)21-18(22)11-23/h4-7,10-11,13,25H,3,8-9,12H2,1-2H3,(H2,24,28);3-6,9-11H,2,7-8H2,1H3/t13-;/m0./s1. The van der Waals surface area contributed by atoms with Gasteiger partial charge in [-0.1, -0.05) is 47.5 Å². The lowest BCUT2D eigenvalue weighted by molar-refractivity contribution is -0.119. The number of amides is 1. The number of nitrogens with one attached hydrogen (secondary N) is 1. The van der Waals surface area contributed by atoms with E-state index in [2.05, 4.69) is 15.3 Å². The topological polar surface area (TPSA) is 126 Å². The fourth-order valence-corrected chi connectivity index (χ4v) is 6.25. The first-order valence-electron chi connectivity index (χ1n) is 17.1. The zero-order valence-corrected chi connectivity index (χ0v) is 31.1. The Balaban J connectivity index is 0.000000208. The highest BCUT2D eigenvalue weighted by Crippen LogP contribution is 2.34. The van der Waals surface area contributed by atoms with Crippen LogP contribution in [0.4, 0.5) is 8.78 Å². The summed E-state index contributed by atoms with van der Waals surface area (Å²) >= 11 is 12.8. The van der Waals surface area contributed by atoms with Crippen molar-refractivity contribution in [3.63, 3.8) is 0 Å².